The molecule has 1 amide bonds. The van der Waals surface area contributed by atoms with Crippen molar-refractivity contribution in [3.8, 4) is 0 Å². The number of hydrogen-bond acceptors (Lipinski definition) is 5. The Kier molecular flexibility index (Phi) is 6.79. The summed E-state index contributed by atoms with van der Waals surface area (Å²) in [7, 11) is 0. The number of ether oxygens (including phenoxy) is 2. The van der Waals surface area contributed by atoms with Crippen molar-refractivity contribution in [2.45, 2.75) is 44.6 Å². The predicted molar refractivity (Wildman–Crippen MR) is 140 cm³/mol. The quantitative estimate of drug-likeness (QED) is 0.280. The topological polar surface area (TPSA) is 76.1 Å². The third-order valence-electron chi connectivity index (χ3n) is 6.82. The summed E-state index contributed by atoms with van der Waals surface area (Å²) in [6.07, 6.45) is 1.62. The van der Waals surface area contributed by atoms with Crippen LogP contribution >= 0.6 is 23.2 Å². The van der Waals surface area contributed by atoms with Crippen LogP contribution in [-0.4, -0.2) is 28.7 Å². The van der Waals surface area contributed by atoms with Crippen LogP contribution in [0.5, 0.6) is 0 Å². The van der Waals surface area contributed by atoms with Gasteiger partial charge in [-0.3, -0.25) is 14.5 Å². The smallest absolute Gasteiger partial charge is 0.311 e. The van der Waals surface area contributed by atoms with Gasteiger partial charge in [0.05, 0.1) is 11.5 Å². The highest BCUT2D eigenvalue weighted by molar-refractivity contribution is 6.30. The van der Waals surface area contributed by atoms with E-state index in [1.54, 1.807) is 73.3 Å². The molecule has 1 N–H and O–H groups in total. The van der Waals surface area contributed by atoms with Crippen molar-refractivity contribution in [3.63, 3.8) is 0 Å². The van der Waals surface area contributed by atoms with E-state index in [0.29, 0.717) is 32.3 Å². The molecule has 192 valence electrons. The Morgan fingerprint density at radius 2 is 1.65 bits per heavy atom. The average molecular weight is 540 g/mol. The number of aliphatic hydroxyl groups is 1. The summed E-state index contributed by atoms with van der Waals surface area (Å²) in [5.41, 5.74) is 0.516. The minimum Gasteiger partial charge on any atom is -0.438 e. The minimum atomic E-state index is -1.40. The predicted octanol–water partition coefficient (Wildman–Crippen LogP) is 6.01. The molecule has 0 bridgehead atoms. The van der Waals surface area contributed by atoms with Gasteiger partial charge in [-0.25, -0.2) is 0 Å². The standard InChI is InChI=1S/C29H27Cl2NO5/c1-28(2,35)21-9-14-25-24(15-21)26(33)32(16-18-3-10-22(30)11-4-18)29(25,20-7-12-23(31)13-8-20)37-17-36-27(34)19-5-6-19/h3-4,7-15,19,35H,5-6,16-17H2,1-2H3/t29-/m1/s1. The molecule has 0 spiro atoms. The maximum absolute atomic E-state index is 14.0. The first-order chi connectivity index (χ1) is 17.6. The zero-order chi connectivity index (χ0) is 26.4. The largest absolute Gasteiger partial charge is 0.438 e. The average Bonchev–Trinajstić information content (AvgIpc) is 3.69. The molecule has 0 saturated heterocycles. The second-order valence-corrected chi connectivity index (χ2v) is 10.9. The van der Waals surface area contributed by atoms with Crippen molar-refractivity contribution in [2.24, 2.45) is 5.92 Å². The number of carbonyl (C=O) groups is 2. The molecular weight excluding hydrogens is 513 g/mol. The lowest BCUT2D eigenvalue weighted by Gasteiger charge is -2.39. The van der Waals surface area contributed by atoms with Crippen LogP contribution in [-0.2, 0) is 32.1 Å². The molecule has 3 aromatic carbocycles. The molecule has 5 rings (SSSR count). The third-order valence-corrected chi connectivity index (χ3v) is 7.32. The number of nitrogens with zero attached hydrogens (tertiary/aromatic N) is 1. The number of amides is 1. The first kappa shape index (κ1) is 25.7. The third kappa shape index (κ3) is 4.99. The molecule has 3 aromatic rings. The SMILES string of the molecule is CC(C)(O)c1ccc2c(c1)C(=O)N(Cc1ccc(Cl)cc1)[C@@]2(OCOC(=O)C1CC1)c1ccc(Cl)cc1. The number of benzene rings is 3. The monoisotopic (exact) mass is 539 g/mol. The summed E-state index contributed by atoms with van der Waals surface area (Å²) in [4.78, 5) is 27.9. The number of hydrogen-bond donors (Lipinski definition) is 1. The van der Waals surface area contributed by atoms with E-state index in [0.717, 1.165) is 18.4 Å². The Morgan fingerprint density at radius 1 is 1.03 bits per heavy atom. The van der Waals surface area contributed by atoms with E-state index in [4.69, 9.17) is 32.7 Å². The first-order valence-corrected chi connectivity index (χ1v) is 12.9. The van der Waals surface area contributed by atoms with E-state index >= 15 is 0 Å². The number of carbonyl (C=O) groups excluding carboxylic acids is 2. The maximum atomic E-state index is 14.0. The second-order valence-electron chi connectivity index (χ2n) is 9.99. The summed E-state index contributed by atoms with van der Waals surface area (Å²) in [6, 6.07) is 19.5. The molecule has 0 aromatic heterocycles. The number of esters is 1. The van der Waals surface area contributed by atoms with Crippen molar-refractivity contribution in [1.82, 2.24) is 4.90 Å². The van der Waals surface area contributed by atoms with Crippen LogP contribution in [0.15, 0.2) is 66.7 Å². The molecule has 1 fully saturated rings. The Morgan fingerprint density at radius 3 is 2.24 bits per heavy atom. The first-order valence-electron chi connectivity index (χ1n) is 12.1. The molecule has 6 nitrogen and oxygen atoms in total. The van der Waals surface area contributed by atoms with Gasteiger partial charge in [-0.1, -0.05) is 59.6 Å². The van der Waals surface area contributed by atoms with Gasteiger partial charge in [0.1, 0.15) is 0 Å². The number of halogens is 2. The second kappa shape index (κ2) is 9.76. The van der Waals surface area contributed by atoms with Crippen molar-refractivity contribution >= 4 is 35.1 Å². The Hall–Kier alpha value is -2.90. The van der Waals surface area contributed by atoms with Crippen LogP contribution in [0, 0.1) is 5.92 Å². The van der Waals surface area contributed by atoms with Crippen LogP contribution < -0.4 is 0 Å². The van der Waals surface area contributed by atoms with E-state index < -0.39 is 11.3 Å². The fraction of sp³-hybridized carbons (Fsp3) is 0.310. The fourth-order valence-electron chi connectivity index (χ4n) is 4.62. The highest BCUT2D eigenvalue weighted by atomic mass is 35.5. The highest BCUT2D eigenvalue weighted by Gasteiger charge is 2.53. The lowest BCUT2D eigenvalue weighted by Crippen LogP contribution is -2.47. The molecule has 0 unspecified atom stereocenters. The van der Waals surface area contributed by atoms with Gasteiger partial charge in [0, 0.05) is 33.3 Å². The molecule has 0 radical (unpaired) electrons. The molecular formula is C29H27Cl2NO5. The Bertz CT molecular complexity index is 1330. The lowest BCUT2D eigenvalue weighted by atomic mass is 9.89. The molecule has 1 aliphatic heterocycles. The van der Waals surface area contributed by atoms with Gasteiger partial charge in [-0.15, -0.1) is 0 Å². The normalized spacial score (nSPS) is 19.2. The van der Waals surface area contributed by atoms with Gasteiger partial charge in [0.25, 0.3) is 5.91 Å². The number of fused-ring (bicyclic) bond motifs is 1. The lowest BCUT2D eigenvalue weighted by molar-refractivity contribution is -0.191. The molecule has 1 saturated carbocycles. The van der Waals surface area contributed by atoms with Crippen molar-refractivity contribution < 1.29 is 24.2 Å². The zero-order valence-electron chi connectivity index (χ0n) is 20.5. The molecule has 1 heterocycles. The van der Waals surface area contributed by atoms with Gasteiger partial charge in [0.2, 0.25) is 5.72 Å². The molecule has 8 heteroatoms. The minimum absolute atomic E-state index is 0.0907. The zero-order valence-corrected chi connectivity index (χ0v) is 22.1. The molecule has 1 atom stereocenters. The molecule has 37 heavy (non-hydrogen) atoms. The summed E-state index contributed by atoms with van der Waals surface area (Å²) in [5.74, 6) is -0.677. The summed E-state index contributed by atoms with van der Waals surface area (Å²) < 4.78 is 11.9. The summed E-state index contributed by atoms with van der Waals surface area (Å²) in [6.45, 7) is 3.19. The maximum Gasteiger partial charge on any atom is 0.311 e. The van der Waals surface area contributed by atoms with E-state index in [2.05, 4.69) is 0 Å². The van der Waals surface area contributed by atoms with E-state index in [1.165, 1.54) is 0 Å². The molecule has 1 aliphatic carbocycles. The van der Waals surface area contributed by atoms with Gasteiger partial charge in [-0.05, 0) is 68.1 Å². The van der Waals surface area contributed by atoms with Crippen LogP contribution in [0.3, 0.4) is 0 Å². The van der Waals surface area contributed by atoms with Crippen LogP contribution in [0.25, 0.3) is 0 Å². The van der Waals surface area contributed by atoms with Crippen molar-refractivity contribution in [1.29, 1.82) is 0 Å². The van der Waals surface area contributed by atoms with E-state index in [1.807, 2.05) is 12.1 Å². The number of rotatable bonds is 8. The van der Waals surface area contributed by atoms with E-state index in [-0.39, 0.29) is 31.1 Å². The summed E-state index contributed by atoms with van der Waals surface area (Å²) in [5, 5.41) is 11.7. The summed E-state index contributed by atoms with van der Waals surface area (Å²) >= 11 is 12.3. The Labute approximate surface area is 225 Å². The van der Waals surface area contributed by atoms with Gasteiger partial charge in [-0.2, -0.15) is 0 Å². The fourth-order valence-corrected chi connectivity index (χ4v) is 4.87. The van der Waals surface area contributed by atoms with E-state index in [9.17, 15) is 14.7 Å². The van der Waals surface area contributed by atoms with Gasteiger partial charge in [0.15, 0.2) is 6.79 Å². The van der Waals surface area contributed by atoms with Crippen LogP contribution in [0.1, 0.15) is 59.3 Å². The van der Waals surface area contributed by atoms with Gasteiger partial charge >= 0.3 is 5.97 Å². The Balaban J connectivity index is 1.64. The highest BCUT2D eigenvalue weighted by Crippen LogP contribution is 2.47. The van der Waals surface area contributed by atoms with Crippen molar-refractivity contribution in [2.75, 3.05) is 6.79 Å². The van der Waals surface area contributed by atoms with Gasteiger partial charge < -0.3 is 14.6 Å². The van der Waals surface area contributed by atoms with Crippen LogP contribution in [0.2, 0.25) is 10.0 Å². The molecule has 2 aliphatic rings. The van der Waals surface area contributed by atoms with Crippen molar-refractivity contribution in [3.05, 3.63) is 105 Å². The van der Waals surface area contributed by atoms with Crippen LogP contribution in [0.4, 0.5) is 0 Å².